The molecule has 18 heavy (non-hydrogen) atoms. The first-order chi connectivity index (χ1) is 8.45. The van der Waals surface area contributed by atoms with Crippen LogP contribution in [-0.2, 0) is 9.53 Å². The highest BCUT2D eigenvalue weighted by atomic mass is 79.9. The Morgan fingerprint density at radius 1 is 1.56 bits per heavy atom. The Balaban J connectivity index is 2.75. The number of methoxy groups -OCH3 is 1. The molecule has 0 unspecified atom stereocenters. The second kappa shape index (κ2) is 6.70. The monoisotopic (exact) mass is 330 g/mol. The first-order valence-corrected chi connectivity index (χ1v) is 6.53. The van der Waals surface area contributed by atoms with Crippen LogP contribution < -0.4 is 10.6 Å². The van der Waals surface area contributed by atoms with Gasteiger partial charge < -0.3 is 15.4 Å². The first-order valence-electron chi connectivity index (χ1n) is 5.33. The zero-order chi connectivity index (χ0) is 13.7. The smallest absolute Gasteiger partial charge is 0.307 e. The molecule has 0 aliphatic carbocycles. The Labute approximate surface area is 120 Å². The fourth-order valence-electron chi connectivity index (χ4n) is 1.43. The quantitative estimate of drug-likeness (QED) is 0.661. The number of anilines is 1. The van der Waals surface area contributed by atoms with Crippen LogP contribution in [0, 0.1) is 0 Å². The summed E-state index contributed by atoms with van der Waals surface area (Å²) in [7, 11) is 3.29. The summed E-state index contributed by atoms with van der Waals surface area (Å²) < 4.78 is 5.45. The molecular formula is C12H15BrN2O2S. The van der Waals surface area contributed by atoms with Crippen molar-refractivity contribution in [2.45, 2.75) is 6.42 Å². The molecule has 0 amide bonds. The zero-order valence-corrected chi connectivity index (χ0v) is 12.7. The van der Waals surface area contributed by atoms with Crippen LogP contribution in [0.5, 0.6) is 0 Å². The van der Waals surface area contributed by atoms with Crippen molar-refractivity contribution in [3.63, 3.8) is 0 Å². The van der Waals surface area contributed by atoms with Crippen molar-refractivity contribution in [2.75, 3.05) is 25.6 Å². The number of halogens is 1. The highest BCUT2D eigenvalue weighted by Crippen LogP contribution is 2.23. The van der Waals surface area contributed by atoms with Gasteiger partial charge in [-0.1, -0.05) is 12.2 Å². The van der Waals surface area contributed by atoms with Gasteiger partial charge in [0.15, 0.2) is 0 Å². The van der Waals surface area contributed by atoms with E-state index in [0.717, 1.165) is 15.7 Å². The molecule has 0 aliphatic heterocycles. The molecule has 0 aliphatic rings. The number of carbonyl (C=O) groups excluding carboxylic acids is 1. The van der Waals surface area contributed by atoms with Gasteiger partial charge in [-0.05, 0) is 34.1 Å². The van der Waals surface area contributed by atoms with Gasteiger partial charge in [-0.2, -0.15) is 0 Å². The van der Waals surface area contributed by atoms with E-state index >= 15 is 0 Å². The van der Waals surface area contributed by atoms with Gasteiger partial charge in [0.1, 0.15) is 4.99 Å². The molecule has 0 atom stereocenters. The van der Waals surface area contributed by atoms with E-state index in [-0.39, 0.29) is 5.97 Å². The van der Waals surface area contributed by atoms with Gasteiger partial charge >= 0.3 is 5.97 Å². The SMILES string of the molecule is COC(=O)CCN(C)c1ccc(C(N)=S)c(Br)c1. The highest BCUT2D eigenvalue weighted by molar-refractivity contribution is 9.10. The Hall–Kier alpha value is -1.14. The van der Waals surface area contributed by atoms with E-state index in [0.29, 0.717) is 18.0 Å². The molecule has 0 bridgehead atoms. The Bertz CT molecular complexity index is 465. The topological polar surface area (TPSA) is 55.6 Å². The third-order valence-electron chi connectivity index (χ3n) is 2.54. The fourth-order valence-corrected chi connectivity index (χ4v) is 2.32. The standard InChI is InChI=1S/C12H15BrN2O2S/c1-15(6-5-11(16)17-2)8-3-4-9(12(14)18)10(13)7-8/h3-4,7H,5-6H2,1-2H3,(H2,14,18). The Morgan fingerprint density at radius 2 is 2.22 bits per heavy atom. The number of esters is 1. The third kappa shape index (κ3) is 3.96. The largest absolute Gasteiger partial charge is 0.469 e. The molecular weight excluding hydrogens is 316 g/mol. The van der Waals surface area contributed by atoms with Crippen LogP contribution in [0.3, 0.4) is 0 Å². The molecule has 1 aromatic rings. The van der Waals surface area contributed by atoms with E-state index in [4.69, 9.17) is 18.0 Å². The number of nitrogens with two attached hydrogens (primary N) is 1. The average Bonchev–Trinajstić information content (AvgIpc) is 2.34. The summed E-state index contributed by atoms with van der Waals surface area (Å²) in [4.78, 5) is 13.4. The molecule has 0 radical (unpaired) electrons. The van der Waals surface area contributed by atoms with Crippen LogP contribution in [0.25, 0.3) is 0 Å². The lowest BCUT2D eigenvalue weighted by atomic mass is 10.2. The summed E-state index contributed by atoms with van der Waals surface area (Å²) in [6.07, 6.45) is 0.349. The number of rotatable bonds is 5. The lowest BCUT2D eigenvalue weighted by Gasteiger charge is -2.19. The van der Waals surface area contributed by atoms with Gasteiger partial charge in [0.25, 0.3) is 0 Å². The molecule has 0 spiro atoms. The van der Waals surface area contributed by atoms with Crippen molar-refractivity contribution < 1.29 is 9.53 Å². The second-order valence-corrected chi connectivity index (χ2v) is 5.07. The zero-order valence-electron chi connectivity index (χ0n) is 10.3. The lowest BCUT2D eigenvalue weighted by Crippen LogP contribution is -2.21. The number of hydrogen-bond donors (Lipinski definition) is 1. The maximum atomic E-state index is 11.1. The van der Waals surface area contributed by atoms with Gasteiger partial charge in [-0.3, -0.25) is 4.79 Å². The normalized spacial score (nSPS) is 9.94. The fraction of sp³-hybridized carbons (Fsp3) is 0.333. The number of hydrogen-bond acceptors (Lipinski definition) is 4. The molecule has 0 fully saturated rings. The van der Waals surface area contributed by atoms with E-state index in [1.54, 1.807) is 0 Å². The van der Waals surface area contributed by atoms with Gasteiger partial charge in [-0.15, -0.1) is 0 Å². The number of nitrogens with zero attached hydrogens (tertiary/aromatic N) is 1. The molecule has 2 N–H and O–H groups in total. The van der Waals surface area contributed by atoms with Crippen LogP contribution in [0.1, 0.15) is 12.0 Å². The number of benzene rings is 1. The van der Waals surface area contributed by atoms with Crippen molar-refractivity contribution in [2.24, 2.45) is 5.73 Å². The average molecular weight is 331 g/mol. The van der Waals surface area contributed by atoms with E-state index < -0.39 is 0 Å². The van der Waals surface area contributed by atoms with Crippen molar-refractivity contribution in [1.82, 2.24) is 0 Å². The third-order valence-corrected chi connectivity index (χ3v) is 3.41. The van der Waals surface area contributed by atoms with Gasteiger partial charge in [0.2, 0.25) is 0 Å². The maximum Gasteiger partial charge on any atom is 0.307 e. The Kier molecular flexibility index (Phi) is 5.55. The van der Waals surface area contributed by atoms with Crippen LogP contribution >= 0.6 is 28.1 Å². The number of ether oxygens (including phenoxy) is 1. The minimum absolute atomic E-state index is 0.222. The second-order valence-electron chi connectivity index (χ2n) is 3.78. The van der Waals surface area contributed by atoms with Crippen LogP contribution in [-0.4, -0.2) is 31.7 Å². The van der Waals surface area contributed by atoms with E-state index in [1.807, 2.05) is 30.1 Å². The number of thiocarbonyl (C=S) groups is 1. The van der Waals surface area contributed by atoms with Crippen LogP contribution in [0.2, 0.25) is 0 Å². The summed E-state index contributed by atoms with van der Waals surface area (Å²) in [5.41, 5.74) is 7.36. The lowest BCUT2D eigenvalue weighted by molar-refractivity contribution is -0.140. The van der Waals surface area contributed by atoms with E-state index in [9.17, 15) is 4.79 Å². The molecule has 1 rings (SSSR count). The summed E-state index contributed by atoms with van der Waals surface area (Å²) in [5, 5.41) is 0. The summed E-state index contributed by atoms with van der Waals surface area (Å²) in [6, 6.07) is 5.69. The van der Waals surface area contributed by atoms with Crippen molar-refractivity contribution in [1.29, 1.82) is 0 Å². The predicted molar refractivity (Wildman–Crippen MR) is 79.9 cm³/mol. The predicted octanol–water partition coefficient (Wildman–Crippen LogP) is 2.08. The van der Waals surface area contributed by atoms with Gasteiger partial charge in [0, 0.05) is 29.3 Å². The minimum Gasteiger partial charge on any atom is -0.469 e. The van der Waals surface area contributed by atoms with Crippen molar-refractivity contribution in [3.8, 4) is 0 Å². The summed E-state index contributed by atoms with van der Waals surface area (Å²) in [5.74, 6) is -0.222. The highest BCUT2D eigenvalue weighted by Gasteiger charge is 2.08. The van der Waals surface area contributed by atoms with Crippen molar-refractivity contribution >= 4 is 44.8 Å². The molecule has 0 saturated carbocycles. The number of carbonyl (C=O) groups is 1. The van der Waals surface area contributed by atoms with E-state index in [1.165, 1.54) is 7.11 Å². The van der Waals surface area contributed by atoms with E-state index in [2.05, 4.69) is 20.7 Å². The van der Waals surface area contributed by atoms with Gasteiger partial charge in [-0.25, -0.2) is 0 Å². The van der Waals surface area contributed by atoms with Crippen LogP contribution in [0.15, 0.2) is 22.7 Å². The van der Waals surface area contributed by atoms with Crippen LogP contribution in [0.4, 0.5) is 5.69 Å². The van der Waals surface area contributed by atoms with Crippen molar-refractivity contribution in [3.05, 3.63) is 28.2 Å². The first kappa shape index (κ1) is 14.9. The molecule has 98 valence electrons. The molecule has 0 aromatic heterocycles. The molecule has 6 heteroatoms. The molecule has 0 heterocycles. The Morgan fingerprint density at radius 3 is 2.72 bits per heavy atom. The molecule has 1 aromatic carbocycles. The molecule has 4 nitrogen and oxygen atoms in total. The van der Waals surface area contributed by atoms with Gasteiger partial charge in [0.05, 0.1) is 13.5 Å². The molecule has 0 saturated heterocycles. The summed E-state index contributed by atoms with van der Waals surface area (Å²) in [6.45, 7) is 0.589. The minimum atomic E-state index is -0.222. The summed E-state index contributed by atoms with van der Waals surface area (Å²) >= 11 is 8.36. The maximum absolute atomic E-state index is 11.1.